The smallest absolute Gasteiger partial charge is 0.241 e. The van der Waals surface area contributed by atoms with Crippen molar-refractivity contribution in [3.63, 3.8) is 0 Å². The van der Waals surface area contributed by atoms with E-state index in [1.54, 1.807) is 18.3 Å². The lowest BCUT2D eigenvalue weighted by Gasteiger charge is -2.17. The first kappa shape index (κ1) is 22.0. The number of fused-ring (bicyclic) bond motifs is 2. The largest absolute Gasteiger partial charge is 0.384 e. The standard InChI is InChI=1S/C25H28N4O2S/c1-18-11-12-21-22(13-16-27-23(21)17-18)26-14-6-15-28-32(30,31)25-10-5-7-19-20(25)8-4-9-24(19)29(2)3/h4-5,7-13,16-17,28H,6,14-15H2,1-3H3,(H,26,27). The highest BCUT2D eigenvalue weighted by Crippen LogP contribution is 2.30. The molecule has 0 aliphatic heterocycles. The quantitative estimate of drug-likeness (QED) is 0.387. The van der Waals surface area contributed by atoms with E-state index in [2.05, 4.69) is 33.2 Å². The van der Waals surface area contributed by atoms with Crippen LogP contribution in [0.4, 0.5) is 11.4 Å². The molecule has 4 aromatic rings. The van der Waals surface area contributed by atoms with E-state index in [1.165, 1.54) is 5.56 Å². The molecule has 0 spiro atoms. The van der Waals surface area contributed by atoms with E-state index in [4.69, 9.17) is 0 Å². The molecule has 0 aliphatic carbocycles. The van der Waals surface area contributed by atoms with Gasteiger partial charge in [-0.25, -0.2) is 13.1 Å². The number of hydrogen-bond acceptors (Lipinski definition) is 5. The number of nitrogens with zero attached hydrogens (tertiary/aromatic N) is 2. The third-order valence-corrected chi connectivity index (χ3v) is 7.01. The molecule has 1 aromatic heterocycles. The van der Waals surface area contributed by atoms with E-state index >= 15 is 0 Å². The lowest BCUT2D eigenvalue weighted by Crippen LogP contribution is -2.26. The lowest BCUT2D eigenvalue weighted by atomic mass is 10.1. The molecule has 0 radical (unpaired) electrons. The summed E-state index contributed by atoms with van der Waals surface area (Å²) >= 11 is 0. The molecule has 0 unspecified atom stereocenters. The normalized spacial score (nSPS) is 11.7. The Kier molecular flexibility index (Phi) is 6.30. The summed E-state index contributed by atoms with van der Waals surface area (Å²) in [6.45, 7) is 3.04. The SMILES string of the molecule is Cc1ccc2c(NCCCNS(=O)(=O)c3cccc4c(N(C)C)cccc34)ccnc2c1. The maximum absolute atomic E-state index is 13.0. The van der Waals surface area contributed by atoms with Crippen LogP contribution in [0.25, 0.3) is 21.7 Å². The molecule has 1 heterocycles. The Labute approximate surface area is 189 Å². The Morgan fingerprint density at radius 1 is 0.906 bits per heavy atom. The van der Waals surface area contributed by atoms with Crippen LogP contribution in [0.1, 0.15) is 12.0 Å². The molecule has 0 bridgehead atoms. The summed E-state index contributed by atoms with van der Waals surface area (Å²) in [5.74, 6) is 0. The molecule has 2 N–H and O–H groups in total. The highest BCUT2D eigenvalue weighted by atomic mass is 32.2. The third kappa shape index (κ3) is 4.54. The first-order valence-corrected chi connectivity index (χ1v) is 12.1. The van der Waals surface area contributed by atoms with Gasteiger partial charge in [0.25, 0.3) is 0 Å². The van der Waals surface area contributed by atoms with Crippen molar-refractivity contribution in [1.29, 1.82) is 0 Å². The minimum absolute atomic E-state index is 0.308. The highest BCUT2D eigenvalue weighted by molar-refractivity contribution is 7.89. The van der Waals surface area contributed by atoms with Gasteiger partial charge in [0, 0.05) is 60.9 Å². The predicted molar refractivity (Wildman–Crippen MR) is 133 cm³/mol. The number of aromatic nitrogens is 1. The zero-order valence-electron chi connectivity index (χ0n) is 18.6. The van der Waals surface area contributed by atoms with Gasteiger partial charge in [-0.3, -0.25) is 4.98 Å². The van der Waals surface area contributed by atoms with Gasteiger partial charge in [0.1, 0.15) is 0 Å². The van der Waals surface area contributed by atoms with Crippen LogP contribution in [0.3, 0.4) is 0 Å². The van der Waals surface area contributed by atoms with Gasteiger partial charge in [-0.1, -0.05) is 36.4 Å². The van der Waals surface area contributed by atoms with E-state index < -0.39 is 10.0 Å². The second kappa shape index (κ2) is 9.14. The van der Waals surface area contributed by atoms with Gasteiger partial charge < -0.3 is 10.2 Å². The molecule has 166 valence electrons. The van der Waals surface area contributed by atoms with Gasteiger partial charge in [-0.15, -0.1) is 0 Å². The molecule has 0 aliphatic rings. The minimum atomic E-state index is -3.62. The fraction of sp³-hybridized carbons (Fsp3) is 0.240. The van der Waals surface area contributed by atoms with E-state index in [-0.39, 0.29) is 0 Å². The predicted octanol–water partition coefficient (Wildman–Crippen LogP) is 4.54. The molecule has 32 heavy (non-hydrogen) atoms. The van der Waals surface area contributed by atoms with Crippen molar-refractivity contribution in [1.82, 2.24) is 9.71 Å². The monoisotopic (exact) mass is 448 g/mol. The minimum Gasteiger partial charge on any atom is -0.384 e. The average molecular weight is 449 g/mol. The Hall–Kier alpha value is -3.16. The molecule has 3 aromatic carbocycles. The Balaban J connectivity index is 1.42. The van der Waals surface area contributed by atoms with Crippen molar-refractivity contribution in [3.05, 3.63) is 72.4 Å². The van der Waals surface area contributed by atoms with Crippen LogP contribution in [0.5, 0.6) is 0 Å². The number of nitrogens with one attached hydrogen (secondary N) is 2. The van der Waals surface area contributed by atoms with Crippen molar-refractivity contribution in [2.75, 3.05) is 37.4 Å². The van der Waals surface area contributed by atoms with Crippen LogP contribution in [0.2, 0.25) is 0 Å². The number of sulfonamides is 1. The first-order valence-electron chi connectivity index (χ1n) is 10.6. The van der Waals surface area contributed by atoms with Gasteiger partial charge in [0.15, 0.2) is 0 Å². The highest BCUT2D eigenvalue weighted by Gasteiger charge is 2.18. The van der Waals surface area contributed by atoms with Crippen molar-refractivity contribution in [2.45, 2.75) is 18.2 Å². The molecule has 0 saturated heterocycles. The van der Waals surface area contributed by atoms with Crippen molar-refractivity contribution in [3.8, 4) is 0 Å². The summed E-state index contributed by atoms with van der Waals surface area (Å²) in [6, 6.07) is 19.3. The van der Waals surface area contributed by atoms with Gasteiger partial charge in [0.05, 0.1) is 10.4 Å². The van der Waals surface area contributed by atoms with E-state index in [9.17, 15) is 8.42 Å². The van der Waals surface area contributed by atoms with Gasteiger partial charge in [-0.05, 0) is 43.2 Å². The van der Waals surface area contributed by atoms with Crippen molar-refractivity contribution >= 4 is 43.1 Å². The van der Waals surface area contributed by atoms with Crippen LogP contribution in [0.15, 0.2) is 71.8 Å². The molecule has 6 nitrogen and oxygen atoms in total. The first-order chi connectivity index (χ1) is 15.4. The number of aryl methyl sites for hydroxylation is 1. The Morgan fingerprint density at radius 3 is 2.50 bits per heavy atom. The summed E-state index contributed by atoms with van der Waals surface area (Å²) in [5.41, 5.74) is 4.11. The zero-order valence-corrected chi connectivity index (χ0v) is 19.4. The van der Waals surface area contributed by atoms with Crippen molar-refractivity contribution < 1.29 is 8.42 Å². The Bertz CT molecular complexity index is 1370. The second-order valence-electron chi connectivity index (χ2n) is 8.08. The van der Waals surface area contributed by atoms with Crippen LogP contribution >= 0.6 is 0 Å². The van der Waals surface area contributed by atoms with E-state index in [1.807, 2.05) is 56.3 Å². The molecular formula is C25H28N4O2S. The number of rotatable bonds is 8. The van der Waals surface area contributed by atoms with Gasteiger partial charge in [0.2, 0.25) is 10.0 Å². The third-order valence-electron chi connectivity index (χ3n) is 5.49. The van der Waals surface area contributed by atoms with E-state index in [0.29, 0.717) is 24.4 Å². The molecule has 7 heteroatoms. The van der Waals surface area contributed by atoms with Gasteiger partial charge >= 0.3 is 0 Å². The maximum atomic E-state index is 13.0. The van der Waals surface area contributed by atoms with Crippen LogP contribution in [-0.2, 0) is 10.0 Å². The fourth-order valence-corrected chi connectivity index (χ4v) is 5.19. The number of pyridine rings is 1. The Morgan fingerprint density at radius 2 is 1.69 bits per heavy atom. The molecule has 0 amide bonds. The van der Waals surface area contributed by atoms with Crippen LogP contribution < -0.4 is 14.9 Å². The van der Waals surface area contributed by atoms with Crippen molar-refractivity contribution in [2.24, 2.45) is 0 Å². The second-order valence-corrected chi connectivity index (χ2v) is 9.82. The average Bonchev–Trinajstić information content (AvgIpc) is 2.77. The summed E-state index contributed by atoms with van der Waals surface area (Å²) in [7, 11) is 0.285. The molecule has 0 atom stereocenters. The fourth-order valence-electron chi connectivity index (χ4n) is 3.90. The molecule has 0 saturated carbocycles. The molecule has 4 rings (SSSR count). The summed E-state index contributed by atoms with van der Waals surface area (Å²) in [4.78, 5) is 6.72. The number of hydrogen-bond donors (Lipinski definition) is 2. The van der Waals surface area contributed by atoms with Crippen LogP contribution in [-0.4, -0.2) is 40.6 Å². The molecular weight excluding hydrogens is 420 g/mol. The summed E-state index contributed by atoms with van der Waals surface area (Å²) < 4.78 is 28.8. The topological polar surface area (TPSA) is 74.3 Å². The molecule has 0 fully saturated rings. The zero-order chi connectivity index (χ0) is 22.7. The summed E-state index contributed by atoms with van der Waals surface area (Å²) in [6.07, 6.45) is 2.44. The van der Waals surface area contributed by atoms with Crippen LogP contribution in [0, 0.1) is 6.92 Å². The van der Waals surface area contributed by atoms with Gasteiger partial charge in [-0.2, -0.15) is 0 Å². The number of benzene rings is 3. The lowest BCUT2D eigenvalue weighted by molar-refractivity contribution is 0.581. The number of anilines is 2. The van der Waals surface area contributed by atoms with E-state index in [0.717, 1.165) is 33.1 Å². The summed E-state index contributed by atoms with van der Waals surface area (Å²) in [5, 5.41) is 6.11. The maximum Gasteiger partial charge on any atom is 0.241 e.